The van der Waals surface area contributed by atoms with Gasteiger partial charge >= 0.3 is 0 Å². The standard InChI is InChI=1S/C12H16BrNO/c1-8(2)9(3)12(15)6-11-5-4-10(13)7-14-11/h4-5,7-9H,6H2,1-3H3. The van der Waals surface area contributed by atoms with E-state index in [0.29, 0.717) is 12.3 Å². The van der Waals surface area contributed by atoms with E-state index >= 15 is 0 Å². The lowest BCUT2D eigenvalue weighted by Crippen LogP contribution is -2.19. The maximum atomic E-state index is 11.8. The molecule has 0 saturated carbocycles. The third-order valence-electron chi connectivity index (χ3n) is 2.65. The van der Waals surface area contributed by atoms with Gasteiger partial charge in [0.25, 0.3) is 0 Å². The number of halogens is 1. The molecule has 0 aliphatic rings. The van der Waals surface area contributed by atoms with Crippen LogP contribution < -0.4 is 0 Å². The van der Waals surface area contributed by atoms with Crippen molar-refractivity contribution in [1.29, 1.82) is 0 Å². The van der Waals surface area contributed by atoms with Crippen molar-refractivity contribution in [2.45, 2.75) is 27.2 Å². The second-order valence-corrected chi connectivity index (χ2v) is 5.06. The Hall–Kier alpha value is -0.700. The molecule has 0 radical (unpaired) electrons. The Morgan fingerprint density at radius 1 is 1.40 bits per heavy atom. The lowest BCUT2D eigenvalue weighted by molar-refractivity contribution is -0.122. The summed E-state index contributed by atoms with van der Waals surface area (Å²) in [5.74, 6) is 0.767. The highest BCUT2D eigenvalue weighted by molar-refractivity contribution is 9.10. The van der Waals surface area contributed by atoms with Crippen LogP contribution in [0.15, 0.2) is 22.8 Å². The average molecular weight is 270 g/mol. The molecule has 3 heteroatoms. The van der Waals surface area contributed by atoms with Gasteiger partial charge in [0.05, 0.1) is 0 Å². The minimum atomic E-state index is 0.107. The largest absolute Gasteiger partial charge is 0.299 e. The molecule has 1 aromatic heterocycles. The van der Waals surface area contributed by atoms with Gasteiger partial charge in [0.2, 0.25) is 0 Å². The zero-order valence-electron chi connectivity index (χ0n) is 9.33. The normalized spacial score (nSPS) is 12.9. The van der Waals surface area contributed by atoms with E-state index in [2.05, 4.69) is 34.8 Å². The highest BCUT2D eigenvalue weighted by atomic mass is 79.9. The van der Waals surface area contributed by atoms with E-state index in [1.165, 1.54) is 0 Å². The molecule has 0 aliphatic heterocycles. The van der Waals surface area contributed by atoms with Gasteiger partial charge in [-0.2, -0.15) is 0 Å². The number of nitrogens with zero attached hydrogens (tertiary/aromatic N) is 1. The molecule has 0 spiro atoms. The zero-order valence-corrected chi connectivity index (χ0v) is 10.9. The molecule has 0 N–H and O–H groups in total. The SMILES string of the molecule is CC(C)C(C)C(=O)Cc1ccc(Br)cn1. The molecule has 15 heavy (non-hydrogen) atoms. The van der Waals surface area contributed by atoms with Gasteiger partial charge in [-0.3, -0.25) is 9.78 Å². The predicted octanol–water partition coefficient (Wildman–Crippen LogP) is 3.25. The summed E-state index contributed by atoms with van der Waals surface area (Å²) < 4.78 is 0.940. The summed E-state index contributed by atoms with van der Waals surface area (Å²) >= 11 is 3.32. The smallest absolute Gasteiger partial charge is 0.141 e. The number of hydrogen-bond acceptors (Lipinski definition) is 2. The summed E-state index contributed by atoms with van der Waals surface area (Å²) in [5, 5.41) is 0. The van der Waals surface area contributed by atoms with E-state index in [1.54, 1.807) is 6.20 Å². The molecule has 0 aromatic carbocycles. The Kier molecular flexibility index (Phi) is 4.45. The molecule has 1 heterocycles. The molecular weight excluding hydrogens is 254 g/mol. The van der Waals surface area contributed by atoms with Crippen molar-refractivity contribution in [3.05, 3.63) is 28.5 Å². The number of aromatic nitrogens is 1. The molecule has 0 saturated heterocycles. The number of Topliss-reactive ketones (excluding diaryl/α,β-unsaturated/α-hetero) is 1. The summed E-state index contributed by atoms with van der Waals surface area (Å²) in [4.78, 5) is 16.0. The highest BCUT2D eigenvalue weighted by Crippen LogP contribution is 2.14. The second-order valence-electron chi connectivity index (χ2n) is 4.14. The molecular formula is C12H16BrNO. The molecule has 1 rings (SSSR count). The van der Waals surface area contributed by atoms with Crippen molar-refractivity contribution in [2.75, 3.05) is 0 Å². The number of hydrogen-bond donors (Lipinski definition) is 0. The first kappa shape index (κ1) is 12.4. The summed E-state index contributed by atoms with van der Waals surface area (Å²) in [6.07, 6.45) is 2.16. The number of ketones is 1. The molecule has 2 nitrogen and oxygen atoms in total. The Bertz CT molecular complexity index is 332. The lowest BCUT2D eigenvalue weighted by atomic mass is 9.91. The molecule has 0 amide bonds. The van der Waals surface area contributed by atoms with Crippen molar-refractivity contribution < 1.29 is 4.79 Å². The zero-order chi connectivity index (χ0) is 11.4. The molecule has 0 fully saturated rings. The summed E-state index contributed by atoms with van der Waals surface area (Å²) in [7, 11) is 0. The van der Waals surface area contributed by atoms with E-state index in [-0.39, 0.29) is 11.7 Å². The van der Waals surface area contributed by atoms with E-state index in [4.69, 9.17) is 0 Å². The molecule has 1 unspecified atom stereocenters. The summed E-state index contributed by atoms with van der Waals surface area (Å²) in [6, 6.07) is 3.80. The van der Waals surface area contributed by atoms with Crippen LogP contribution >= 0.6 is 15.9 Å². The Labute approximate surface area is 99.2 Å². The quantitative estimate of drug-likeness (QED) is 0.840. The van der Waals surface area contributed by atoms with Crippen LogP contribution in [-0.2, 0) is 11.2 Å². The molecule has 82 valence electrons. The third kappa shape index (κ3) is 3.74. The van der Waals surface area contributed by atoms with Gasteiger partial charge in [-0.25, -0.2) is 0 Å². The average Bonchev–Trinajstić information content (AvgIpc) is 2.20. The van der Waals surface area contributed by atoms with Gasteiger partial charge in [-0.1, -0.05) is 20.8 Å². The molecule has 0 bridgehead atoms. The number of rotatable bonds is 4. The summed E-state index contributed by atoms with van der Waals surface area (Å²) in [5.41, 5.74) is 0.843. The first-order valence-corrected chi connectivity index (χ1v) is 5.93. The van der Waals surface area contributed by atoms with Crippen molar-refractivity contribution in [3.63, 3.8) is 0 Å². The third-order valence-corrected chi connectivity index (χ3v) is 3.12. The molecule has 1 atom stereocenters. The monoisotopic (exact) mass is 269 g/mol. The maximum absolute atomic E-state index is 11.8. The van der Waals surface area contributed by atoms with Crippen LogP contribution in [0.1, 0.15) is 26.5 Å². The van der Waals surface area contributed by atoms with Crippen molar-refractivity contribution in [2.24, 2.45) is 11.8 Å². The van der Waals surface area contributed by atoms with Crippen molar-refractivity contribution in [3.8, 4) is 0 Å². The number of pyridine rings is 1. The Morgan fingerprint density at radius 3 is 2.53 bits per heavy atom. The fraction of sp³-hybridized carbons (Fsp3) is 0.500. The first-order valence-electron chi connectivity index (χ1n) is 5.14. The minimum Gasteiger partial charge on any atom is -0.299 e. The van der Waals surface area contributed by atoms with Gasteiger partial charge < -0.3 is 0 Å². The van der Waals surface area contributed by atoms with Gasteiger partial charge in [0.15, 0.2) is 0 Å². The first-order chi connectivity index (χ1) is 7.00. The maximum Gasteiger partial charge on any atom is 0.141 e. The van der Waals surface area contributed by atoms with Crippen molar-refractivity contribution in [1.82, 2.24) is 4.98 Å². The summed E-state index contributed by atoms with van der Waals surface area (Å²) in [6.45, 7) is 6.11. The fourth-order valence-electron chi connectivity index (χ4n) is 1.22. The highest BCUT2D eigenvalue weighted by Gasteiger charge is 2.17. The van der Waals surface area contributed by atoms with Crippen LogP contribution in [0.3, 0.4) is 0 Å². The second kappa shape index (κ2) is 5.40. The van der Waals surface area contributed by atoms with Crippen molar-refractivity contribution >= 4 is 21.7 Å². The number of carbonyl (C=O) groups is 1. The van der Waals surface area contributed by atoms with Gasteiger partial charge in [0.1, 0.15) is 5.78 Å². The number of carbonyl (C=O) groups excluding carboxylic acids is 1. The fourth-order valence-corrected chi connectivity index (χ4v) is 1.46. The Morgan fingerprint density at radius 2 is 2.07 bits per heavy atom. The minimum absolute atomic E-state index is 0.107. The topological polar surface area (TPSA) is 30.0 Å². The van der Waals surface area contributed by atoms with E-state index < -0.39 is 0 Å². The van der Waals surface area contributed by atoms with Crippen LogP contribution in [-0.4, -0.2) is 10.8 Å². The van der Waals surface area contributed by atoms with E-state index in [0.717, 1.165) is 10.2 Å². The van der Waals surface area contributed by atoms with Crippen LogP contribution in [0.4, 0.5) is 0 Å². The Balaban J connectivity index is 2.62. The van der Waals surface area contributed by atoms with Crippen LogP contribution in [0, 0.1) is 11.8 Å². The molecule has 0 aliphatic carbocycles. The molecule has 1 aromatic rings. The van der Waals surface area contributed by atoms with Crippen LogP contribution in [0.5, 0.6) is 0 Å². The van der Waals surface area contributed by atoms with Crippen LogP contribution in [0.25, 0.3) is 0 Å². The van der Waals surface area contributed by atoms with Gasteiger partial charge in [-0.05, 0) is 34.0 Å². The van der Waals surface area contributed by atoms with E-state index in [9.17, 15) is 4.79 Å². The lowest BCUT2D eigenvalue weighted by Gasteiger charge is -2.13. The van der Waals surface area contributed by atoms with Crippen LogP contribution in [0.2, 0.25) is 0 Å². The predicted molar refractivity (Wildman–Crippen MR) is 64.7 cm³/mol. The van der Waals surface area contributed by atoms with Gasteiger partial charge in [-0.15, -0.1) is 0 Å². The van der Waals surface area contributed by atoms with E-state index in [1.807, 2.05) is 19.1 Å². The van der Waals surface area contributed by atoms with Gasteiger partial charge in [0, 0.05) is 28.7 Å².